The van der Waals surface area contributed by atoms with Crippen LogP contribution in [0, 0.1) is 5.92 Å². The Balaban J connectivity index is 1.64. The van der Waals surface area contributed by atoms with E-state index in [0.29, 0.717) is 18.9 Å². The molecular weight excluding hydrogens is 212 g/mol. The molecule has 0 fully saturated rings. The summed E-state index contributed by atoms with van der Waals surface area (Å²) in [4.78, 5) is 15.8. The van der Waals surface area contributed by atoms with Crippen molar-refractivity contribution in [3.63, 3.8) is 0 Å². The first-order chi connectivity index (χ1) is 8.34. The molecule has 1 aromatic rings. The van der Waals surface area contributed by atoms with Crippen LogP contribution in [0.5, 0.6) is 0 Å². The number of amides is 1. The van der Waals surface area contributed by atoms with Crippen LogP contribution in [0.2, 0.25) is 0 Å². The smallest absolute Gasteiger partial charge is 0.220 e. The van der Waals surface area contributed by atoms with E-state index in [4.69, 9.17) is 0 Å². The highest BCUT2D eigenvalue weighted by atomic mass is 16.1. The zero-order valence-electron chi connectivity index (χ0n) is 9.93. The van der Waals surface area contributed by atoms with Crippen molar-refractivity contribution in [3.8, 4) is 0 Å². The molecular formula is C14H18N2O. The molecule has 0 radical (unpaired) electrons. The Morgan fingerprint density at radius 1 is 1.47 bits per heavy atom. The third-order valence-electron chi connectivity index (χ3n) is 2.99. The average Bonchev–Trinajstić information content (AvgIpc) is 2.83. The SMILES string of the molecule is O=C(C[C@H]1C=CCC1)NCCc1ccccn1. The predicted molar refractivity (Wildman–Crippen MR) is 67.4 cm³/mol. The molecule has 0 aliphatic heterocycles. The van der Waals surface area contributed by atoms with Crippen molar-refractivity contribution in [1.29, 1.82) is 0 Å². The highest BCUT2D eigenvalue weighted by molar-refractivity contribution is 5.76. The van der Waals surface area contributed by atoms with Crippen LogP contribution >= 0.6 is 0 Å². The van der Waals surface area contributed by atoms with E-state index in [-0.39, 0.29) is 5.91 Å². The second kappa shape index (κ2) is 6.18. The first-order valence-electron chi connectivity index (χ1n) is 6.18. The van der Waals surface area contributed by atoms with Crippen molar-refractivity contribution in [3.05, 3.63) is 42.2 Å². The summed E-state index contributed by atoms with van der Waals surface area (Å²) in [6.45, 7) is 0.673. The fourth-order valence-corrected chi connectivity index (χ4v) is 2.05. The van der Waals surface area contributed by atoms with Gasteiger partial charge in [0.1, 0.15) is 0 Å². The van der Waals surface area contributed by atoms with Crippen molar-refractivity contribution >= 4 is 5.91 Å². The Labute approximate surface area is 102 Å². The lowest BCUT2D eigenvalue weighted by molar-refractivity contribution is -0.121. The van der Waals surface area contributed by atoms with Gasteiger partial charge in [-0.15, -0.1) is 0 Å². The summed E-state index contributed by atoms with van der Waals surface area (Å²) in [6, 6.07) is 5.84. The quantitative estimate of drug-likeness (QED) is 0.787. The number of nitrogens with one attached hydrogen (secondary N) is 1. The first kappa shape index (κ1) is 11.8. The van der Waals surface area contributed by atoms with E-state index < -0.39 is 0 Å². The maximum atomic E-state index is 11.6. The molecule has 1 heterocycles. The molecule has 0 bridgehead atoms. The van der Waals surface area contributed by atoms with Crippen LogP contribution in [0.4, 0.5) is 0 Å². The zero-order chi connectivity index (χ0) is 11.9. The van der Waals surface area contributed by atoms with Crippen LogP contribution in [0.25, 0.3) is 0 Å². The van der Waals surface area contributed by atoms with Gasteiger partial charge in [-0.3, -0.25) is 9.78 Å². The van der Waals surface area contributed by atoms with Crippen molar-refractivity contribution in [2.45, 2.75) is 25.7 Å². The van der Waals surface area contributed by atoms with Crippen molar-refractivity contribution in [1.82, 2.24) is 10.3 Å². The Hall–Kier alpha value is -1.64. The van der Waals surface area contributed by atoms with Gasteiger partial charge >= 0.3 is 0 Å². The van der Waals surface area contributed by atoms with E-state index in [1.807, 2.05) is 18.2 Å². The fourth-order valence-electron chi connectivity index (χ4n) is 2.05. The van der Waals surface area contributed by atoms with Gasteiger partial charge in [-0.05, 0) is 30.9 Å². The lowest BCUT2D eigenvalue weighted by Gasteiger charge is -2.08. The van der Waals surface area contributed by atoms with Crippen molar-refractivity contribution in [2.24, 2.45) is 5.92 Å². The van der Waals surface area contributed by atoms with Crippen molar-refractivity contribution < 1.29 is 4.79 Å². The summed E-state index contributed by atoms with van der Waals surface area (Å²) >= 11 is 0. The van der Waals surface area contributed by atoms with Gasteiger partial charge in [0.2, 0.25) is 5.91 Å². The van der Waals surface area contributed by atoms with Gasteiger partial charge in [-0.25, -0.2) is 0 Å². The number of aromatic nitrogens is 1. The maximum Gasteiger partial charge on any atom is 0.220 e. The van der Waals surface area contributed by atoms with E-state index in [1.165, 1.54) is 0 Å². The molecule has 3 nitrogen and oxygen atoms in total. The molecule has 0 spiro atoms. The molecule has 1 aliphatic rings. The highest BCUT2D eigenvalue weighted by Crippen LogP contribution is 2.19. The lowest BCUT2D eigenvalue weighted by Crippen LogP contribution is -2.27. The van der Waals surface area contributed by atoms with Gasteiger partial charge in [0.15, 0.2) is 0 Å². The Kier molecular flexibility index (Phi) is 4.30. The minimum atomic E-state index is 0.150. The summed E-state index contributed by atoms with van der Waals surface area (Å²) in [5.41, 5.74) is 1.02. The second-order valence-corrected chi connectivity index (χ2v) is 4.39. The monoisotopic (exact) mass is 230 g/mol. The first-order valence-corrected chi connectivity index (χ1v) is 6.18. The highest BCUT2D eigenvalue weighted by Gasteiger charge is 2.13. The summed E-state index contributed by atoms with van der Waals surface area (Å²) in [7, 11) is 0. The van der Waals surface area contributed by atoms with Crippen LogP contribution < -0.4 is 5.32 Å². The number of nitrogens with zero attached hydrogens (tertiary/aromatic N) is 1. The maximum absolute atomic E-state index is 11.6. The predicted octanol–water partition coefficient (Wildman–Crippen LogP) is 2.10. The molecule has 0 saturated heterocycles. The van der Waals surface area contributed by atoms with E-state index in [9.17, 15) is 4.79 Å². The van der Waals surface area contributed by atoms with Gasteiger partial charge in [0.25, 0.3) is 0 Å². The number of pyridine rings is 1. The molecule has 0 aromatic carbocycles. The number of allylic oxidation sites excluding steroid dienone is 2. The van der Waals surface area contributed by atoms with Crippen LogP contribution in [0.3, 0.4) is 0 Å². The van der Waals surface area contributed by atoms with Crippen LogP contribution in [-0.2, 0) is 11.2 Å². The normalized spacial score (nSPS) is 18.2. The summed E-state index contributed by atoms with van der Waals surface area (Å²) in [5.74, 6) is 0.599. The molecule has 1 N–H and O–H groups in total. The Morgan fingerprint density at radius 2 is 2.41 bits per heavy atom. The standard InChI is InChI=1S/C14H18N2O/c17-14(11-12-5-1-2-6-12)16-10-8-13-7-3-4-9-15-13/h1,3-5,7,9,12H,2,6,8,10-11H2,(H,16,17)/t12-/m0/s1. The molecule has 3 heteroatoms. The minimum Gasteiger partial charge on any atom is -0.356 e. The molecule has 0 saturated carbocycles. The number of rotatable bonds is 5. The number of carbonyl (C=O) groups excluding carboxylic acids is 1. The van der Waals surface area contributed by atoms with Gasteiger partial charge in [0.05, 0.1) is 0 Å². The molecule has 1 atom stereocenters. The molecule has 90 valence electrons. The van der Waals surface area contributed by atoms with E-state index in [1.54, 1.807) is 6.20 Å². The minimum absolute atomic E-state index is 0.150. The average molecular weight is 230 g/mol. The number of hydrogen-bond donors (Lipinski definition) is 1. The Bertz CT molecular complexity index is 386. The summed E-state index contributed by atoms with van der Waals surface area (Å²) < 4.78 is 0. The number of carbonyl (C=O) groups is 1. The molecule has 17 heavy (non-hydrogen) atoms. The van der Waals surface area contributed by atoms with Crippen LogP contribution in [-0.4, -0.2) is 17.4 Å². The van der Waals surface area contributed by atoms with Gasteiger partial charge in [-0.1, -0.05) is 18.2 Å². The second-order valence-electron chi connectivity index (χ2n) is 4.39. The molecule has 1 amide bonds. The van der Waals surface area contributed by atoms with E-state index in [2.05, 4.69) is 22.5 Å². The molecule has 1 aliphatic carbocycles. The summed E-state index contributed by atoms with van der Waals surface area (Å²) in [6.07, 6.45) is 9.75. The lowest BCUT2D eigenvalue weighted by atomic mass is 10.1. The largest absolute Gasteiger partial charge is 0.356 e. The van der Waals surface area contributed by atoms with Gasteiger partial charge in [-0.2, -0.15) is 0 Å². The molecule has 1 aromatic heterocycles. The number of hydrogen-bond acceptors (Lipinski definition) is 2. The van der Waals surface area contributed by atoms with Crippen molar-refractivity contribution in [2.75, 3.05) is 6.54 Å². The molecule has 2 rings (SSSR count). The fraction of sp³-hybridized carbons (Fsp3) is 0.429. The third-order valence-corrected chi connectivity index (χ3v) is 2.99. The zero-order valence-corrected chi connectivity index (χ0v) is 9.93. The summed E-state index contributed by atoms with van der Waals surface area (Å²) in [5, 5.41) is 2.95. The topological polar surface area (TPSA) is 42.0 Å². The van der Waals surface area contributed by atoms with Crippen LogP contribution in [0.15, 0.2) is 36.5 Å². The third kappa shape index (κ3) is 4.02. The van der Waals surface area contributed by atoms with Gasteiger partial charge < -0.3 is 5.32 Å². The Morgan fingerprint density at radius 3 is 3.12 bits per heavy atom. The molecule has 0 unspecified atom stereocenters. The van der Waals surface area contributed by atoms with E-state index >= 15 is 0 Å². The van der Waals surface area contributed by atoms with E-state index in [0.717, 1.165) is 25.0 Å². The van der Waals surface area contributed by atoms with Gasteiger partial charge in [0, 0.05) is 31.3 Å². The van der Waals surface area contributed by atoms with Crippen LogP contribution in [0.1, 0.15) is 25.0 Å².